The number of aromatic nitrogens is 1. The van der Waals surface area contributed by atoms with Gasteiger partial charge < -0.3 is 24.6 Å². The summed E-state index contributed by atoms with van der Waals surface area (Å²) in [5, 5.41) is 14.0. The molecule has 8 rings (SSSR count). The average molecular weight is 864 g/mol. The molecule has 0 radical (unpaired) electrons. The van der Waals surface area contributed by atoms with Crippen LogP contribution in [0.3, 0.4) is 0 Å². The van der Waals surface area contributed by atoms with Gasteiger partial charge >= 0.3 is 5.97 Å². The van der Waals surface area contributed by atoms with Crippen molar-refractivity contribution < 1.29 is 45.7 Å². The summed E-state index contributed by atoms with van der Waals surface area (Å²) >= 11 is 14.4. The summed E-state index contributed by atoms with van der Waals surface area (Å²) in [6.45, 7) is 1.03. The summed E-state index contributed by atoms with van der Waals surface area (Å²) < 4.78 is 68.9. The molecule has 0 atom stereocenters. The fourth-order valence-corrected chi connectivity index (χ4v) is 9.79. The summed E-state index contributed by atoms with van der Waals surface area (Å²) in [4.78, 5) is 28.8. The van der Waals surface area contributed by atoms with Crippen LogP contribution in [0.2, 0.25) is 10.2 Å². The van der Waals surface area contributed by atoms with Crippen LogP contribution < -0.4 is 28.1 Å². The van der Waals surface area contributed by atoms with Crippen molar-refractivity contribution in [1.29, 1.82) is 0 Å². The first-order valence-electron chi connectivity index (χ1n) is 16.0. The zero-order valence-electron chi connectivity index (χ0n) is 28.6. The Morgan fingerprint density at radius 2 is 1.31 bits per heavy atom. The predicted molar refractivity (Wildman–Crippen MR) is 215 cm³/mol. The minimum Gasteiger partial charge on any atom is -0.489 e. The zero-order chi connectivity index (χ0) is 39.2. The van der Waals surface area contributed by atoms with E-state index in [0.29, 0.717) is 49.6 Å². The standard InChI is InChI=1S/C23H17Cl2N3O5S2.C12H11NO5S2/c1-35(30,31)28-6-7-32-18-12-19-13(8-17(18)28)9-20(34-19)23(29)26-15-10-21(25)27-22(11-15)33-16-4-2-14(24)3-5-16;1-20(16,17)13-2-3-18-9-6-10-7(4-8(9)13)5-11(19-10)12(14)15/h2-5,8-12H,6-7H2,1H3,(H,26,27,29);4-6H,2-3H2,1H3,(H,14,15). The molecule has 2 aliphatic rings. The number of anilines is 3. The van der Waals surface area contributed by atoms with Crippen LogP contribution in [0, 0.1) is 0 Å². The lowest BCUT2D eigenvalue weighted by atomic mass is 10.2. The number of amides is 1. The molecule has 55 heavy (non-hydrogen) atoms. The molecule has 20 heteroatoms. The van der Waals surface area contributed by atoms with E-state index in [9.17, 15) is 26.4 Å². The SMILES string of the molecule is CS(=O)(=O)N1CCOc2cc3sc(C(=O)Nc4cc(Cl)nc(Oc5ccc(Cl)cc5)c4)cc3cc21.CS(=O)(=O)N1CCOc2cc3sc(C(=O)O)cc3cc21. The van der Waals surface area contributed by atoms with Gasteiger partial charge in [0.15, 0.2) is 0 Å². The third kappa shape index (κ3) is 8.53. The number of halogens is 2. The molecule has 0 bridgehead atoms. The Morgan fingerprint density at radius 1 is 0.782 bits per heavy atom. The van der Waals surface area contributed by atoms with Gasteiger partial charge in [0, 0.05) is 38.3 Å². The molecule has 0 spiro atoms. The molecular formula is C35H28Cl2N4O10S4. The lowest BCUT2D eigenvalue weighted by Gasteiger charge is -2.29. The number of fused-ring (bicyclic) bond motifs is 4. The Bertz CT molecular complexity index is 2720. The first kappa shape index (κ1) is 38.4. The maximum Gasteiger partial charge on any atom is 0.345 e. The highest BCUT2D eigenvalue weighted by Gasteiger charge is 2.28. The van der Waals surface area contributed by atoms with Crippen LogP contribution in [0.1, 0.15) is 19.3 Å². The van der Waals surface area contributed by atoms with E-state index in [4.69, 9.17) is 42.5 Å². The van der Waals surface area contributed by atoms with Gasteiger partial charge in [-0.15, -0.1) is 22.7 Å². The highest BCUT2D eigenvalue weighted by molar-refractivity contribution is 7.92. The number of carboxylic acid groups (broad SMARTS) is 1. The second-order valence-corrected chi connectivity index (χ2v) is 18.9. The maximum atomic E-state index is 13.0. The number of thiophene rings is 2. The first-order chi connectivity index (χ1) is 26.0. The second kappa shape index (κ2) is 15.0. The first-order valence-corrected chi connectivity index (χ1v) is 22.1. The van der Waals surface area contributed by atoms with Crippen molar-refractivity contribution in [2.75, 3.05) is 52.7 Å². The van der Waals surface area contributed by atoms with Crippen LogP contribution in [0.25, 0.3) is 20.2 Å². The number of nitrogens with one attached hydrogen (secondary N) is 1. The van der Waals surface area contributed by atoms with Crippen LogP contribution in [-0.4, -0.2) is 77.6 Å². The molecule has 3 aromatic carbocycles. The fourth-order valence-electron chi connectivity index (χ4n) is 5.77. The van der Waals surface area contributed by atoms with E-state index in [1.165, 1.54) is 32.1 Å². The van der Waals surface area contributed by atoms with Crippen molar-refractivity contribution in [3.8, 4) is 23.1 Å². The van der Waals surface area contributed by atoms with Crippen LogP contribution in [0.15, 0.2) is 72.8 Å². The van der Waals surface area contributed by atoms with Crippen molar-refractivity contribution in [3.05, 3.63) is 92.7 Å². The average Bonchev–Trinajstić information content (AvgIpc) is 3.73. The number of benzene rings is 3. The van der Waals surface area contributed by atoms with Crippen molar-refractivity contribution in [1.82, 2.24) is 4.98 Å². The molecule has 0 unspecified atom stereocenters. The zero-order valence-corrected chi connectivity index (χ0v) is 33.4. The van der Waals surface area contributed by atoms with Crippen molar-refractivity contribution >= 4 is 115 Å². The molecule has 2 N–H and O–H groups in total. The van der Waals surface area contributed by atoms with Crippen LogP contribution in [0.5, 0.6) is 23.1 Å². The number of carbonyl (C=O) groups excluding carboxylic acids is 1. The lowest BCUT2D eigenvalue weighted by molar-refractivity contribution is 0.0702. The number of rotatable bonds is 7. The van der Waals surface area contributed by atoms with Crippen LogP contribution >= 0.6 is 45.9 Å². The van der Waals surface area contributed by atoms with Gasteiger partial charge in [-0.2, -0.15) is 0 Å². The van der Waals surface area contributed by atoms with E-state index < -0.39 is 26.0 Å². The molecule has 0 aliphatic carbocycles. The normalized spacial score (nSPS) is 13.9. The van der Waals surface area contributed by atoms with Gasteiger partial charge in [0.25, 0.3) is 5.91 Å². The Labute approximate surface area is 332 Å². The van der Waals surface area contributed by atoms with Crippen LogP contribution in [0.4, 0.5) is 17.1 Å². The number of sulfonamides is 2. The van der Waals surface area contributed by atoms with Gasteiger partial charge in [-0.3, -0.25) is 13.4 Å². The number of nitrogens with zero attached hydrogens (tertiary/aromatic N) is 3. The largest absolute Gasteiger partial charge is 0.489 e. The fraction of sp³-hybridized carbons (Fsp3) is 0.171. The van der Waals surface area contributed by atoms with Gasteiger partial charge in [0.1, 0.15) is 40.5 Å². The highest BCUT2D eigenvalue weighted by Crippen LogP contribution is 2.41. The molecular weight excluding hydrogens is 836 g/mol. The second-order valence-electron chi connectivity index (χ2n) is 12.1. The third-order valence-electron chi connectivity index (χ3n) is 8.14. The molecule has 3 aromatic heterocycles. The number of pyridine rings is 1. The summed E-state index contributed by atoms with van der Waals surface area (Å²) in [5.41, 5.74) is 1.32. The Kier molecular flexibility index (Phi) is 10.5. The number of carbonyl (C=O) groups is 2. The molecule has 0 fully saturated rings. The van der Waals surface area contributed by atoms with E-state index in [2.05, 4.69) is 10.3 Å². The summed E-state index contributed by atoms with van der Waals surface area (Å²) in [5.74, 6) is 0.299. The minimum absolute atomic E-state index is 0.147. The number of hydrogen-bond donors (Lipinski definition) is 2. The molecule has 0 saturated heterocycles. The predicted octanol–water partition coefficient (Wildman–Crippen LogP) is 7.56. The van der Waals surface area contributed by atoms with Gasteiger partial charge in [-0.1, -0.05) is 23.2 Å². The van der Waals surface area contributed by atoms with Gasteiger partial charge in [-0.25, -0.2) is 26.6 Å². The van der Waals surface area contributed by atoms with E-state index in [0.717, 1.165) is 38.6 Å². The summed E-state index contributed by atoms with van der Waals surface area (Å²) in [6.07, 6.45) is 2.30. The monoisotopic (exact) mass is 862 g/mol. The summed E-state index contributed by atoms with van der Waals surface area (Å²) in [6, 6.07) is 19.9. The van der Waals surface area contributed by atoms with Gasteiger partial charge in [0.05, 0.1) is 41.9 Å². The number of carboxylic acids is 1. The smallest absolute Gasteiger partial charge is 0.345 e. The Morgan fingerprint density at radius 3 is 1.84 bits per heavy atom. The van der Waals surface area contributed by atoms with Gasteiger partial charge in [0.2, 0.25) is 25.9 Å². The van der Waals surface area contributed by atoms with Crippen molar-refractivity contribution in [2.45, 2.75) is 0 Å². The van der Waals surface area contributed by atoms with E-state index in [-0.39, 0.29) is 48.1 Å². The quantitative estimate of drug-likeness (QED) is 0.151. The Hall–Kier alpha value is -4.85. The molecule has 14 nitrogen and oxygen atoms in total. The topological polar surface area (TPSA) is 182 Å². The van der Waals surface area contributed by atoms with E-state index >= 15 is 0 Å². The highest BCUT2D eigenvalue weighted by atomic mass is 35.5. The van der Waals surface area contributed by atoms with Crippen molar-refractivity contribution in [2.24, 2.45) is 0 Å². The maximum absolute atomic E-state index is 13.0. The van der Waals surface area contributed by atoms with E-state index in [1.807, 2.05) is 0 Å². The van der Waals surface area contributed by atoms with Gasteiger partial charge in [-0.05, 0) is 65.4 Å². The summed E-state index contributed by atoms with van der Waals surface area (Å²) in [7, 11) is -6.83. The van der Waals surface area contributed by atoms with E-state index in [1.54, 1.807) is 60.7 Å². The molecule has 286 valence electrons. The molecule has 6 aromatic rings. The number of aromatic carboxylic acids is 1. The van der Waals surface area contributed by atoms with Crippen LogP contribution in [-0.2, 0) is 20.0 Å². The minimum atomic E-state index is -3.45. The molecule has 0 saturated carbocycles. The molecule has 2 aliphatic heterocycles. The molecule has 5 heterocycles. The Balaban J connectivity index is 0.000000197. The number of hydrogen-bond acceptors (Lipinski definition) is 12. The molecule has 1 amide bonds. The lowest BCUT2D eigenvalue weighted by Crippen LogP contribution is -2.37. The number of ether oxygens (including phenoxy) is 3. The third-order valence-corrected chi connectivity index (χ3v) is 13.1. The van der Waals surface area contributed by atoms with Crippen molar-refractivity contribution in [3.63, 3.8) is 0 Å².